The van der Waals surface area contributed by atoms with Gasteiger partial charge < -0.3 is 9.42 Å². The Kier molecular flexibility index (Phi) is 4.74. The first-order chi connectivity index (χ1) is 13.2. The Morgan fingerprint density at radius 1 is 1.04 bits per heavy atom. The molecule has 1 aliphatic heterocycles. The topological polar surface area (TPSA) is 89.2 Å². The molecule has 2 aromatic heterocycles. The maximum absolute atomic E-state index is 12.3. The van der Waals surface area contributed by atoms with E-state index >= 15 is 0 Å². The zero-order valence-electron chi connectivity index (χ0n) is 14.6. The van der Waals surface area contributed by atoms with Crippen LogP contribution in [0, 0.1) is 0 Å². The van der Waals surface area contributed by atoms with Gasteiger partial charge in [0.15, 0.2) is 5.78 Å². The van der Waals surface area contributed by atoms with Crippen LogP contribution >= 0.6 is 0 Å². The van der Waals surface area contributed by atoms with E-state index < -0.39 is 0 Å². The van der Waals surface area contributed by atoms with Crippen molar-refractivity contribution in [1.82, 2.24) is 20.0 Å². The summed E-state index contributed by atoms with van der Waals surface area (Å²) in [6, 6.07) is 14.5. The van der Waals surface area contributed by atoms with Crippen molar-refractivity contribution in [2.45, 2.75) is 18.8 Å². The minimum atomic E-state index is -0.0278. The maximum Gasteiger partial charge on any atom is 0.233 e. The molecule has 0 aliphatic carbocycles. The van der Waals surface area contributed by atoms with E-state index in [9.17, 15) is 9.59 Å². The van der Waals surface area contributed by atoms with Gasteiger partial charge in [0.1, 0.15) is 5.69 Å². The van der Waals surface area contributed by atoms with Gasteiger partial charge in [0.05, 0.1) is 5.92 Å². The molecule has 3 heterocycles. The van der Waals surface area contributed by atoms with Gasteiger partial charge in [0, 0.05) is 37.7 Å². The highest BCUT2D eigenvalue weighted by atomic mass is 16.5. The molecule has 0 unspecified atom stereocenters. The highest BCUT2D eigenvalue weighted by molar-refractivity contribution is 5.97. The van der Waals surface area contributed by atoms with E-state index in [0.717, 1.165) is 0 Å². The van der Waals surface area contributed by atoms with Crippen LogP contribution in [0.2, 0.25) is 0 Å². The number of likely N-dealkylation sites (tertiary alicyclic amines) is 1. The summed E-state index contributed by atoms with van der Waals surface area (Å²) in [6.45, 7) is 1.06. The summed E-state index contributed by atoms with van der Waals surface area (Å²) in [5, 5.41) is 3.96. The summed E-state index contributed by atoms with van der Waals surface area (Å²) in [6.07, 6.45) is 2.10. The largest absolute Gasteiger partial charge is 0.341 e. The van der Waals surface area contributed by atoms with E-state index in [-0.39, 0.29) is 30.4 Å². The van der Waals surface area contributed by atoms with E-state index in [1.807, 2.05) is 36.4 Å². The standard InChI is InChI=1S/C20H18N4O3/c25-17(14-6-2-1-3-7-14)9-10-18(26)24-12-15(13-24)20-22-19(23-27-20)16-8-4-5-11-21-16/h1-8,11,15H,9-10,12-13H2. The van der Waals surface area contributed by atoms with E-state index in [2.05, 4.69) is 15.1 Å². The lowest BCUT2D eigenvalue weighted by Gasteiger charge is -2.37. The average molecular weight is 362 g/mol. The van der Waals surface area contributed by atoms with E-state index in [1.54, 1.807) is 23.2 Å². The lowest BCUT2D eigenvalue weighted by molar-refractivity contribution is -0.135. The van der Waals surface area contributed by atoms with E-state index in [1.165, 1.54) is 0 Å². The normalized spacial score (nSPS) is 14.0. The molecular formula is C20H18N4O3. The fraction of sp³-hybridized carbons (Fsp3) is 0.250. The van der Waals surface area contributed by atoms with Crippen LogP contribution in [0.4, 0.5) is 0 Å². The van der Waals surface area contributed by atoms with Gasteiger partial charge in [-0.15, -0.1) is 0 Å². The number of hydrogen-bond donors (Lipinski definition) is 0. The molecule has 0 atom stereocenters. The molecule has 7 nitrogen and oxygen atoms in total. The van der Waals surface area contributed by atoms with Gasteiger partial charge in [-0.2, -0.15) is 4.98 Å². The van der Waals surface area contributed by atoms with Crippen LogP contribution in [0.25, 0.3) is 11.5 Å². The number of carbonyl (C=O) groups excluding carboxylic acids is 2. The van der Waals surface area contributed by atoms with Gasteiger partial charge in [0.25, 0.3) is 0 Å². The predicted octanol–water partition coefficient (Wildman–Crippen LogP) is 2.72. The zero-order valence-corrected chi connectivity index (χ0v) is 14.6. The van der Waals surface area contributed by atoms with Crippen LogP contribution < -0.4 is 0 Å². The molecular weight excluding hydrogens is 344 g/mol. The molecule has 136 valence electrons. The van der Waals surface area contributed by atoms with Crippen molar-refractivity contribution in [3.8, 4) is 11.5 Å². The molecule has 1 saturated heterocycles. The lowest BCUT2D eigenvalue weighted by Crippen LogP contribution is -2.48. The van der Waals surface area contributed by atoms with Crippen LogP contribution in [-0.2, 0) is 4.79 Å². The predicted molar refractivity (Wildman–Crippen MR) is 96.9 cm³/mol. The summed E-state index contributed by atoms with van der Waals surface area (Å²) < 4.78 is 5.31. The van der Waals surface area contributed by atoms with Crippen molar-refractivity contribution in [2.75, 3.05) is 13.1 Å². The fourth-order valence-electron chi connectivity index (χ4n) is 2.99. The monoisotopic (exact) mass is 362 g/mol. The van der Waals surface area contributed by atoms with Crippen LogP contribution in [0.1, 0.15) is 35.0 Å². The molecule has 7 heteroatoms. The van der Waals surface area contributed by atoms with Crippen molar-refractivity contribution in [1.29, 1.82) is 0 Å². The Balaban J connectivity index is 1.27. The number of pyridine rings is 1. The minimum absolute atomic E-state index is 0.0158. The van der Waals surface area contributed by atoms with Gasteiger partial charge in [-0.25, -0.2) is 0 Å². The van der Waals surface area contributed by atoms with Crippen LogP contribution in [0.15, 0.2) is 59.3 Å². The fourth-order valence-corrected chi connectivity index (χ4v) is 2.99. The molecule has 4 rings (SSSR count). The molecule has 1 amide bonds. The third-order valence-electron chi connectivity index (χ3n) is 4.58. The second-order valence-corrected chi connectivity index (χ2v) is 6.46. The summed E-state index contributed by atoms with van der Waals surface area (Å²) >= 11 is 0. The third kappa shape index (κ3) is 3.76. The van der Waals surface area contributed by atoms with Crippen LogP contribution in [0.3, 0.4) is 0 Å². The Hall–Kier alpha value is -3.35. The third-order valence-corrected chi connectivity index (χ3v) is 4.58. The van der Waals surface area contributed by atoms with Gasteiger partial charge in [-0.05, 0) is 12.1 Å². The molecule has 1 aliphatic rings. The highest BCUT2D eigenvalue weighted by Crippen LogP contribution is 2.28. The van der Waals surface area contributed by atoms with Crippen LogP contribution in [0.5, 0.6) is 0 Å². The Bertz CT molecular complexity index is 934. The number of Topliss-reactive ketones (excluding diaryl/α,β-unsaturated/α-hetero) is 1. The summed E-state index contributed by atoms with van der Waals surface area (Å²) in [4.78, 5) is 34.6. The van der Waals surface area contributed by atoms with Gasteiger partial charge in [-0.1, -0.05) is 41.6 Å². The van der Waals surface area contributed by atoms with Crippen molar-refractivity contribution >= 4 is 11.7 Å². The lowest BCUT2D eigenvalue weighted by atomic mass is 9.98. The van der Waals surface area contributed by atoms with Crippen molar-refractivity contribution in [3.63, 3.8) is 0 Å². The van der Waals surface area contributed by atoms with Gasteiger partial charge in [-0.3, -0.25) is 14.6 Å². The number of rotatable bonds is 6. The summed E-state index contributed by atoms with van der Waals surface area (Å²) in [5.74, 6) is 0.950. The zero-order chi connectivity index (χ0) is 18.6. The molecule has 0 bridgehead atoms. The number of hydrogen-bond acceptors (Lipinski definition) is 6. The van der Waals surface area contributed by atoms with Crippen LogP contribution in [-0.4, -0.2) is 44.8 Å². The Labute approximate surface area is 156 Å². The van der Waals surface area contributed by atoms with Crippen molar-refractivity contribution in [3.05, 3.63) is 66.2 Å². The number of carbonyl (C=O) groups is 2. The van der Waals surface area contributed by atoms with Gasteiger partial charge >= 0.3 is 0 Å². The number of aromatic nitrogens is 3. The number of amides is 1. The SMILES string of the molecule is O=C(CCC(=O)N1CC(c2nc(-c3ccccn3)no2)C1)c1ccccc1. The second-order valence-electron chi connectivity index (χ2n) is 6.46. The molecule has 0 spiro atoms. The highest BCUT2D eigenvalue weighted by Gasteiger charge is 2.35. The van der Waals surface area contributed by atoms with Crippen molar-refractivity contribution < 1.29 is 14.1 Å². The van der Waals surface area contributed by atoms with E-state index in [4.69, 9.17) is 4.52 Å². The van der Waals surface area contributed by atoms with Crippen molar-refractivity contribution in [2.24, 2.45) is 0 Å². The second kappa shape index (κ2) is 7.49. The van der Waals surface area contributed by atoms with Gasteiger partial charge in [0.2, 0.25) is 17.6 Å². The molecule has 0 radical (unpaired) electrons. The molecule has 1 aromatic carbocycles. The quantitative estimate of drug-likeness (QED) is 0.627. The first kappa shape index (κ1) is 17.1. The smallest absolute Gasteiger partial charge is 0.233 e. The molecule has 1 fully saturated rings. The molecule has 0 N–H and O–H groups in total. The maximum atomic E-state index is 12.3. The number of nitrogens with zero attached hydrogens (tertiary/aromatic N) is 4. The molecule has 3 aromatic rings. The average Bonchev–Trinajstić information content (AvgIpc) is 3.16. The Morgan fingerprint density at radius 3 is 2.56 bits per heavy atom. The summed E-state index contributed by atoms with van der Waals surface area (Å²) in [7, 11) is 0. The number of ketones is 1. The first-order valence-corrected chi connectivity index (χ1v) is 8.82. The minimum Gasteiger partial charge on any atom is -0.341 e. The van der Waals surface area contributed by atoms with E-state index in [0.29, 0.717) is 36.1 Å². The summed E-state index contributed by atoms with van der Waals surface area (Å²) in [5.41, 5.74) is 1.29. The molecule has 0 saturated carbocycles. The number of benzene rings is 1. The first-order valence-electron chi connectivity index (χ1n) is 8.82. The Morgan fingerprint density at radius 2 is 1.81 bits per heavy atom. The molecule has 27 heavy (non-hydrogen) atoms.